The zero-order valence-corrected chi connectivity index (χ0v) is 61.0. The Morgan fingerprint density at radius 3 is 1.03 bits per heavy atom. The lowest BCUT2D eigenvalue weighted by molar-refractivity contribution is 0.660. The minimum atomic E-state index is -0.102. The average Bonchev–Trinajstić information content (AvgIpc) is 1.57. The van der Waals surface area contributed by atoms with Crippen molar-refractivity contribution in [3.63, 3.8) is 0 Å². The zero-order valence-electron chi connectivity index (χ0n) is 61.0. The molecule has 3 aliphatic rings. The Hall–Kier alpha value is -13.9. The van der Waals surface area contributed by atoms with Gasteiger partial charge in [0.05, 0.1) is 55.5 Å². The van der Waals surface area contributed by atoms with Crippen molar-refractivity contribution in [3.8, 4) is 112 Å². The van der Waals surface area contributed by atoms with E-state index < -0.39 is 0 Å². The van der Waals surface area contributed by atoms with E-state index in [-0.39, 0.29) is 10.8 Å². The van der Waals surface area contributed by atoms with Gasteiger partial charge in [-0.3, -0.25) is 0 Å². The molecule has 514 valence electrons. The van der Waals surface area contributed by atoms with Crippen LogP contribution in [0, 0.1) is 0 Å². The fourth-order valence-corrected chi connectivity index (χ4v) is 19.9. The molecule has 0 saturated carbocycles. The Bertz CT molecular complexity index is 7650. The van der Waals surface area contributed by atoms with Crippen molar-refractivity contribution in [2.24, 2.45) is 0 Å². The monoisotopic (exact) mass is 1400 g/mol. The van der Waals surface area contributed by atoms with Crippen LogP contribution in [-0.2, 0) is 10.8 Å². The van der Waals surface area contributed by atoms with Crippen LogP contribution in [0.1, 0.15) is 49.9 Å². The van der Waals surface area contributed by atoms with E-state index in [1.54, 1.807) is 0 Å². The van der Waals surface area contributed by atoms with E-state index in [0.29, 0.717) is 5.82 Å². The number of benzene rings is 16. The van der Waals surface area contributed by atoms with Crippen molar-refractivity contribution in [3.05, 3.63) is 362 Å². The summed E-state index contributed by atoms with van der Waals surface area (Å²) in [4.78, 5) is 11.3. The molecule has 6 heteroatoms. The summed E-state index contributed by atoms with van der Waals surface area (Å²) in [5.74, 6) is 0.679. The number of aromatic nitrogens is 6. The summed E-state index contributed by atoms with van der Waals surface area (Å²) in [5, 5.41) is 12.2. The van der Waals surface area contributed by atoms with Gasteiger partial charge in [-0.05, 0) is 204 Å². The minimum Gasteiger partial charge on any atom is -0.309 e. The third-order valence-corrected chi connectivity index (χ3v) is 25.1. The van der Waals surface area contributed by atoms with E-state index in [0.717, 1.165) is 72.6 Å². The summed E-state index contributed by atoms with van der Waals surface area (Å²) in [7, 11) is 0. The Labute approximate surface area is 634 Å². The molecule has 0 radical (unpaired) electrons. The molecule has 0 atom stereocenters. The topological polar surface area (TPSA) is 45.5 Å². The second-order valence-electron chi connectivity index (χ2n) is 31.6. The van der Waals surface area contributed by atoms with E-state index >= 15 is 0 Å². The smallest absolute Gasteiger partial charge is 0.160 e. The number of rotatable bonds is 8. The Morgan fingerprint density at radius 1 is 0.218 bits per heavy atom. The van der Waals surface area contributed by atoms with Gasteiger partial charge >= 0.3 is 0 Å². The number of nitrogens with zero attached hydrogens (tertiary/aromatic N) is 6. The van der Waals surface area contributed by atoms with Crippen LogP contribution >= 0.6 is 0 Å². The van der Waals surface area contributed by atoms with E-state index in [1.165, 1.54) is 154 Å². The molecule has 0 saturated heterocycles. The maximum absolute atomic E-state index is 5.71. The number of hydrogen-bond acceptors (Lipinski definition) is 2. The van der Waals surface area contributed by atoms with Gasteiger partial charge in [0.2, 0.25) is 0 Å². The predicted molar refractivity (Wildman–Crippen MR) is 458 cm³/mol. The third kappa shape index (κ3) is 8.47. The van der Waals surface area contributed by atoms with Gasteiger partial charge < -0.3 is 18.3 Å². The molecule has 0 N–H and O–H groups in total. The summed E-state index contributed by atoms with van der Waals surface area (Å²) in [6, 6.07) is 127. The molecule has 21 aromatic rings. The van der Waals surface area contributed by atoms with Crippen molar-refractivity contribution in [2.45, 2.75) is 38.5 Å². The minimum absolute atomic E-state index is 0.0994. The van der Waals surface area contributed by atoms with Gasteiger partial charge in [-0.2, -0.15) is 0 Å². The molecule has 0 bridgehead atoms. The largest absolute Gasteiger partial charge is 0.309 e. The van der Waals surface area contributed by atoms with Crippen LogP contribution in [0.25, 0.3) is 210 Å². The molecule has 5 heterocycles. The summed E-state index contributed by atoms with van der Waals surface area (Å²) in [5.41, 5.74) is 36.4. The van der Waals surface area contributed by atoms with Gasteiger partial charge in [0.25, 0.3) is 0 Å². The highest BCUT2D eigenvalue weighted by atomic mass is 15.0. The summed E-state index contributed by atoms with van der Waals surface area (Å²) < 4.78 is 9.76. The molecule has 5 aromatic heterocycles. The maximum atomic E-state index is 5.71. The van der Waals surface area contributed by atoms with Crippen LogP contribution in [0.3, 0.4) is 0 Å². The van der Waals surface area contributed by atoms with Crippen molar-refractivity contribution in [2.75, 3.05) is 0 Å². The second-order valence-corrected chi connectivity index (χ2v) is 31.6. The van der Waals surface area contributed by atoms with Crippen molar-refractivity contribution < 1.29 is 0 Å². The lowest BCUT2D eigenvalue weighted by Gasteiger charge is -2.22. The van der Waals surface area contributed by atoms with Crippen molar-refractivity contribution in [1.29, 1.82) is 0 Å². The standard InChI is InChI=1S/C104H68N6/c1-103(2)86-32-11-5-24-72(86)74-48-46-70(59-88(74)103)109-92-36-15-9-28-78(92)84-57-65(42-52-96(84)109)63-40-50-94-82(55-63)76-26-7-13-34-90(76)107(94)68-44-38-62(39-45-68)100-99-80-30-18-20-61-21-19-31-81(98(61)80)101(99)106-102(105-100)67-22-17-23-69(54-67)108-91-35-14-8-27-77(91)83-56-64(41-51-95(83)108)66-43-53-97-85(58-66)79-29-10-16-37-93(79)110(97)71-47-49-75-73-25-6-12-33-87(73)104(3,4)89(75)60-71/h5-60H,1-4H3. The molecule has 0 fully saturated rings. The Balaban J connectivity index is 0.585. The first-order chi connectivity index (χ1) is 54.1. The highest BCUT2D eigenvalue weighted by Gasteiger charge is 2.38. The normalized spacial score (nSPS) is 13.6. The first kappa shape index (κ1) is 61.2. The lowest BCUT2D eigenvalue weighted by Crippen LogP contribution is -2.15. The molecular formula is C104H68N6. The molecule has 0 spiro atoms. The molecule has 0 unspecified atom stereocenters. The van der Waals surface area contributed by atoms with Gasteiger partial charge in [-0.25, -0.2) is 9.97 Å². The zero-order chi connectivity index (χ0) is 72.6. The molecule has 24 rings (SSSR count). The van der Waals surface area contributed by atoms with Crippen molar-refractivity contribution in [1.82, 2.24) is 28.2 Å². The van der Waals surface area contributed by atoms with E-state index in [9.17, 15) is 0 Å². The molecule has 16 aromatic carbocycles. The van der Waals surface area contributed by atoms with E-state index in [4.69, 9.17) is 9.97 Å². The molecule has 0 aliphatic heterocycles. The molecule has 6 nitrogen and oxygen atoms in total. The first-order valence-corrected chi connectivity index (χ1v) is 38.4. The quantitative estimate of drug-likeness (QED) is 0.152. The molecule has 3 aliphatic carbocycles. The van der Waals surface area contributed by atoms with Crippen molar-refractivity contribution >= 4 is 98.0 Å². The fourth-order valence-electron chi connectivity index (χ4n) is 19.9. The van der Waals surface area contributed by atoms with Crippen LogP contribution in [0.2, 0.25) is 0 Å². The summed E-state index contributed by atoms with van der Waals surface area (Å²) in [6.07, 6.45) is 0. The highest BCUT2D eigenvalue weighted by Crippen LogP contribution is 2.54. The summed E-state index contributed by atoms with van der Waals surface area (Å²) in [6.45, 7) is 9.45. The predicted octanol–water partition coefficient (Wildman–Crippen LogP) is 26.9. The van der Waals surface area contributed by atoms with Crippen LogP contribution < -0.4 is 0 Å². The second kappa shape index (κ2) is 22.3. The Kier molecular flexibility index (Phi) is 12.4. The van der Waals surface area contributed by atoms with Gasteiger partial charge in [-0.15, -0.1) is 0 Å². The van der Waals surface area contributed by atoms with Crippen LogP contribution in [0.5, 0.6) is 0 Å². The van der Waals surface area contributed by atoms with E-state index in [2.05, 4.69) is 386 Å². The Morgan fingerprint density at radius 2 is 0.564 bits per heavy atom. The molecule has 110 heavy (non-hydrogen) atoms. The van der Waals surface area contributed by atoms with Crippen LogP contribution in [-0.4, -0.2) is 28.2 Å². The van der Waals surface area contributed by atoms with Gasteiger partial charge in [0.1, 0.15) is 0 Å². The van der Waals surface area contributed by atoms with Crippen LogP contribution in [0.15, 0.2) is 340 Å². The van der Waals surface area contributed by atoms with Gasteiger partial charge in [-0.1, -0.05) is 246 Å². The maximum Gasteiger partial charge on any atom is 0.160 e. The van der Waals surface area contributed by atoms with Crippen LogP contribution in [0.4, 0.5) is 0 Å². The van der Waals surface area contributed by atoms with Gasteiger partial charge in [0.15, 0.2) is 5.82 Å². The molecular weight excluding hydrogens is 1330 g/mol. The summed E-state index contributed by atoms with van der Waals surface area (Å²) >= 11 is 0. The lowest BCUT2D eigenvalue weighted by atomic mass is 9.82. The average molecular weight is 1400 g/mol. The number of fused-ring (bicyclic) bond motifs is 21. The number of para-hydroxylation sites is 4. The first-order valence-electron chi connectivity index (χ1n) is 38.4. The van der Waals surface area contributed by atoms with E-state index in [1.807, 2.05) is 0 Å². The SMILES string of the molecule is CC1(C)c2ccccc2-c2ccc(-n3c4ccccc4c4cc(-c5ccc6c(c5)c5ccccc5n6-c5ccc(-c6nc(-c7cccc(-n8c9ccccc9c9cc(-c%10ccc%11c(c%10)c%10ccccc%10n%11-c%10ccc%11c(c%10)C(C)(C)c%10ccccc%10-%11)ccc98)c7)nc7c6-c6cccc8cccc-7c68)cc5)ccc43)cc21. The number of hydrogen-bond donors (Lipinski definition) is 0. The highest BCUT2D eigenvalue weighted by molar-refractivity contribution is 6.19. The fraction of sp³-hybridized carbons (Fsp3) is 0.0577. The van der Waals surface area contributed by atoms with Gasteiger partial charge in [0, 0.05) is 98.9 Å². The molecule has 0 amide bonds. The third-order valence-electron chi connectivity index (χ3n) is 25.1.